The van der Waals surface area contributed by atoms with Crippen molar-refractivity contribution < 1.29 is 19.1 Å². The average Bonchev–Trinajstić information content (AvgIpc) is 2.89. The molecule has 3 rings (SSSR count). The third kappa shape index (κ3) is 0.696. The predicted molar refractivity (Wildman–Crippen MR) is 54.3 cm³/mol. The highest BCUT2D eigenvalue weighted by Crippen LogP contribution is 2.64. The lowest BCUT2D eigenvalue weighted by Gasteiger charge is -2.36. The van der Waals surface area contributed by atoms with E-state index in [-0.39, 0.29) is 12.2 Å². The summed E-state index contributed by atoms with van der Waals surface area (Å²) < 4.78 is 10.6. The number of carbonyl (C=O) groups excluding carboxylic acids is 2. The van der Waals surface area contributed by atoms with Crippen LogP contribution in [0.5, 0.6) is 0 Å². The highest BCUT2D eigenvalue weighted by molar-refractivity contribution is 6.04. The van der Waals surface area contributed by atoms with Gasteiger partial charge < -0.3 is 9.47 Å². The van der Waals surface area contributed by atoms with Crippen molar-refractivity contribution in [2.24, 2.45) is 10.8 Å². The van der Waals surface area contributed by atoms with E-state index in [0.29, 0.717) is 12.8 Å². The molecule has 0 radical (unpaired) electrons. The lowest BCUT2D eigenvalue weighted by atomic mass is 9.57. The highest BCUT2D eigenvalue weighted by atomic mass is 16.6. The highest BCUT2D eigenvalue weighted by Gasteiger charge is 2.78. The van der Waals surface area contributed by atoms with Gasteiger partial charge in [-0.1, -0.05) is 26.0 Å². The molecule has 4 heteroatoms. The van der Waals surface area contributed by atoms with Crippen LogP contribution in [0, 0.1) is 10.8 Å². The van der Waals surface area contributed by atoms with E-state index in [2.05, 4.69) is 0 Å². The Balaban J connectivity index is 2.26. The zero-order chi connectivity index (χ0) is 11.6. The summed E-state index contributed by atoms with van der Waals surface area (Å²) in [4.78, 5) is 24.0. The van der Waals surface area contributed by atoms with Crippen LogP contribution in [0.4, 0.5) is 0 Å². The fourth-order valence-corrected chi connectivity index (χ4v) is 3.70. The van der Waals surface area contributed by atoms with Gasteiger partial charge in [0.15, 0.2) is 0 Å². The van der Waals surface area contributed by atoms with Gasteiger partial charge in [0.05, 0.1) is 12.2 Å². The van der Waals surface area contributed by atoms with E-state index < -0.39 is 22.8 Å². The van der Waals surface area contributed by atoms with Crippen LogP contribution in [0.2, 0.25) is 0 Å². The Morgan fingerprint density at radius 3 is 1.88 bits per heavy atom. The molecule has 0 aromatic carbocycles. The summed E-state index contributed by atoms with van der Waals surface area (Å²) in [5.74, 6) is -0.808. The summed E-state index contributed by atoms with van der Waals surface area (Å²) in [7, 11) is 0. The van der Waals surface area contributed by atoms with Gasteiger partial charge in [0.2, 0.25) is 0 Å². The molecular formula is C12H14O4. The summed E-state index contributed by atoms with van der Waals surface area (Å²) in [5, 5.41) is 0. The molecule has 0 aromatic heterocycles. The van der Waals surface area contributed by atoms with E-state index in [1.54, 1.807) is 0 Å². The van der Waals surface area contributed by atoms with Gasteiger partial charge in [-0.2, -0.15) is 0 Å². The zero-order valence-corrected chi connectivity index (χ0v) is 9.36. The minimum atomic E-state index is -0.780. The van der Waals surface area contributed by atoms with Crippen LogP contribution in [0.1, 0.15) is 26.7 Å². The number of carbonyl (C=O) groups is 2. The second-order valence-electron chi connectivity index (χ2n) is 4.69. The van der Waals surface area contributed by atoms with Crippen LogP contribution in [0.3, 0.4) is 0 Å². The van der Waals surface area contributed by atoms with E-state index in [0.717, 1.165) is 0 Å². The van der Waals surface area contributed by atoms with E-state index in [4.69, 9.17) is 9.47 Å². The van der Waals surface area contributed by atoms with Gasteiger partial charge in [-0.3, -0.25) is 9.59 Å². The quantitative estimate of drug-likeness (QED) is 0.400. The Hall–Kier alpha value is -1.16. The number of rotatable bonds is 2. The normalized spacial score (nSPS) is 48.6. The number of cyclic esters (lactones) is 2. The Morgan fingerprint density at radius 2 is 1.50 bits per heavy atom. The first-order valence-corrected chi connectivity index (χ1v) is 5.74. The van der Waals surface area contributed by atoms with Crippen molar-refractivity contribution in [1.29, 1.82) is 0 Å². The van der Waals surface area contributed by atoms with Gasteiger partial charge in [0, 0.05) is 0 Å². The molecule has 4 atom stereocenters. The molecule has 0 spiro atoms. The van der Waals surface area contributed by atoms with Crippen molar-refractivity contribution in [3.63, 3.8) is 0 Å². The minimum Gasteiger partial charge on any atom is -0.392 e. The molecule has 0 aromatic rings. The van der Waals surface area contributed by atoms with Crippen molar-refractivity contribution in [2.45, 2.75) is 38.9 Å². The van der Waals surface area contributed by atoms with E-state index in [1.807, 2.05) is 26.0 Å². The molecule has 3 aliphatic rings. The maximum atomic E-state index is 12.0. The third-order valence-electron chi connectivity index (χ3n) is 4.55. The van der Waals surface area contributed by atoms with Gasteiger partial charge >= 0.3 is 11.9 Å². The smallest absolute Gasteiger partial charge is 0.324 e. The Kier molecular flexibility index (Phi) is 1.72. The van der Waals surface area contributed by atoms with Gasteiger partial charge in [0.1, 0.15) is 10.8 Å². The molecule has 86 valence electrons. The average molecular weight is 222 g/mol. The Morgan fingerprint density at radius 1 is 1.06 bits per heavy atom. The van der Waals surface area contributed by atoms with E-state index in [1.165, 1.54) is 0 Å². The first kappa shape index (κ1) is 10.0. The zero-order valence-electron chi connectivity index (χ0n) is 9.36. The van der Waals surface area contributed by atoms with E-state index >= 15 is 0 Å². The van der Waals surface area contributed by atoms with Crippen LogP contribution in [-0.2, 0) is 19.1 Å². The summed E-state index contributed by atoms with van der Waals surface area (Å²) in [6.07, 6.45) is 4.36. The molecule has 0 amide bonds. The fourth-order valence-electron chi connectivity index (χ4n) is 3.70. The van der Waals surface area contributed by atoms with Crippen LogP contribution in [0.25, 0.3) is 0 Å². The molecule has 2 bridgehead atoms. The lowest BCUT2D eigenvalue weighted by Crippen LogP contribution is -2.50. The first-order chi connectivity index (χ1) is 7.63. The molecule has 0 saturated carbocycles. The van der Waals surface area contributed by atoms with Crippen LogP contribution in [-0.4, -0.2) is 24.1 Å². The summed E-state index contributed by atoms with van der Waals surface area (Å²) in [6, 6.07) is 0. The molecule has 0 N–H and O–H groups in total. The molecule has 2 fully saturated rings. The minimum absolute atomic E-state index is 0.290. The van der Waals surface area contributed by atoms with Gasteiger partial charge in [-0.05, 0) is 12.8 Å². The fraction of sp³-hybridized carbons (Fsp3) is 0.667. The largest absolute Gasteiger partial charge is 0.392 e. The van der Waals surface area contributed by atoms with Crippen molar-refractivity contribution in [1.82, 2.24) is 0 Å². The first-order valence-electron chi connectivity index (χ1n) is 5.74. The van der Waals surface area contributed by atoms with Crippen molar-refractivity contribution >= 4 is 11.9 Å². The summed E-state index contributed by atoms with van der Waals surface area (Å²) >= 11 is 0. The molecule has 3 aliphatic heterocycles. The second-order valence-corrected chi connectivity index (χ2v) is 4.69. The van der Waals surface area contributed by atoms with Crippen LogP contribution < -0.4 is 0 Å². The maximum Gasteiger partial charge on any atom is 0.324 e. The maximum absolute atomic E-state index is 12.0. The third-order valence-corrected chi connectivity index (χ3v) is 4.55. The van der Waals surface area contributed by atoms with Crippen LogP contribution >= 0.6 is 0 Å². The van der Waals surface area contributed by atoms with Crippen molar-refractivity contribution in [2.75, 3.05) is 0 Å². The topological polar surface area (TPSA) is 52.6 Å². The van der Waals surface area contributed by atoms with Crippen LogP contribution in [0.15, 0.2) is 12.2 Å². The standard InChI is InChI=1S/C12H14O4/c1-3-11-7-5-6-8(15-7)12(11,4-2)10(14)16-9(11)13/h5-8H,3-4H2,1-2H3. The summed E-state index contributed by atoms with van der Waals surface area (Å²) in [5.41, 5.74) is -1.56. The van der Waals surface area contributed by atoms with Gasteiger partial charge in [0.25, 0.3) is 0 Å². The van der Waals surface area contributed by atoms with Crippen molar-refractivity contribution in [3.05, 3.63) is 12.2 Å². The SMILES string of the molecule is CCC12C(=O)OC(=O)C1(CC)C1C=CC2O1. The monoisotopic (exact) mass is 222 g/mol. The molecule has 16 heavy (non-hydrogen) atoms. The molecule has 2 saturated heterocycles. The summed E-state index contributed by atoms with van der Waals surface area (Å²) in [6.45, 7) is 3.84. The number of ether oxygens (including phenoxy) is 2. The number of hydrogen-bond acceptors (Lipinski definition) is 4. The number of hydrogen-bond donors (Lipinski definition) is 0. The molecule has 0 aliphatic carbocycles. The van der Waals surface area contributed by atoms with Gasteiger partial charge in [-0.25, -0.2) is 0 Å². The Labute approximate surface area is 93.6 Å². The number of fused-ring (bicyclic) bond motifs is 5. The van der Waals surface area contributed by atoms with Crippen molar-refractivity contribution in [3.8, 4) is 0 Å². The molecule has 4 unspecified atom stereocenters. The molecule has 4 nitrogen and oxygen atoms in total. The molecule has 3 heterocycles. The molecular weight excluding hydrogens is 208 g/mol. The Bertz CT molecular complexity index is 377. The second kappa shape index (κ2) is 2.74. The van der Waals surface area contributed by atoms with Gasteiger partial charge in [-0.15, -0.1) is 0 Å². The number of esters is 2. The lowest BCUT2D eigenvalue weighted by molar-refractivity contribution is -0.159. The predicted octanol–water partition coefficient (Wildman–Crippen LogP) is 1.20. The van der Waals surface area contributed by atoms with E-state index in [9.17, 15) is 9.59 Å².